The van der Waals surface area contributed by atoms with Gasteiger partial charge in [-0.15, -0.1) is 0 Å². The van der Waals surface area contributed by atoms with Crippen LogP contribution >= 0.6 is 27.5 Å². The molecule has 0 aliphatic rings. The van der Waals surface area contributed by atoms with Crippen LogP contribution in [0.25, 0.3) is 0 Å². The standard InChI is InChI=1S/C13H12BrClN4O2/c1-7-5-8(14)12(6-9(7)15)17-10-3-2-4-11(18-16)13(10)19(20)21/h2-6,17-18H,16H2,1H3. The predicted octanol–water partition coefficient (Wildman–Crippen LogP) is 4.35. The molecule has 0 radical (unpaired) electrons. The number of nitro groups is 1. The zero-order chi connectivity index (χ0) is 15.6. The molecule has 0 atom stereocenters. The molecule has 0 spiro atoms. The number of para-hydroxylation sites is 1. The molecule has 0 aliphatic carbocycles. The Labute approximate surface area is 134 Å². The van der Waals surface area contributed by atoms with E-state index in [1.807, 2.05) is 13.0 Å². The van der Waals surface area contributed by atoms with Crippen molar-refractivity contribution >= 4 is 50.3 Å². The van der Waals surface area contributed by atoms with Crippen LogP contribution in [0.2, 0.25) is 5.02 Å². The second-order valence-electron chi connectivity index (χ2n) is 4.31. The van der Waals surface area contributed by atoms with Crippen molar-refractivity contribution in [3.63, 3.8) is 0 Å². The van der Waals surface area contributed by atoms with Crippen LogP contribution in [0.3, 0.4) is 0 Å². The second kappa shape index (κ2) is 6.30. The Morgan fingerprint density at radius 3 is 2.57 bits per heavy atom. The lowest BCUT2D eigenvalue weighted by atomic mass is 10.2. The largest absolute Gasteiger partial charge is 0.349 e. The van der Waals surface area contributed by atoms with Crippen LogP contribution < -0.4 is 16.6 Å². The summed E-state index contributed by atoms with van der Waals surface area (Å²) >= 11 is 9.49. The molecule has 2 aromatic carbocycles. The number of hydrogen-bond donors (Lipinski definition) is 3. The van der Waals surface area contributed by atoms with Crippen LogP contribution in [0.15, 0.2) is 34.8 Å². The molecule has 2 aromatic rings. The third kappa shape index (κ3) is 3.26. The number of nitrogens with one attached hydrogen (secondary N) is 2. The van der Waals surface area contributed by atoms with Crippen LogP contribution in [0.4, 0.5) is 22.7 Å². The fraction of sp³-hybridized carbons (Fsp3) is 0.0769. The summed E-state index contributed by atoms with van der Waals surface area (Å²) in [6.45, 7) is 1.87. The van der Waals surface area contributed by atoms with Gasteiger partial charge < -0.3 is 10.7 Å². The van der Waals surface area contributed by atoms with Gasteiger partial charge in [-0.2, -0.15) is 0 Å². The minimum Gasteiger partial charge on any atom is -0.349 e. The van der Waals surface area contributed by atoms with E-state index in [-0.39, 0.29) is 11.4 Å². The highest BCUT2D eigenvalue weighted by atomic mass is 79.9. The average Bonchev–Trinajstić information content (AvgIpc) is 2.44. The van der Waals surface area contributed by atoms with Gasteiger partial charge in [-0.25, -0.2) is 0 Å². The van der Waals surface area contributed by atoms with E-state index in [2.05, 4.69) is 26.7 Å². The van der Waals surface area contributed by atoms with Gasteiger partial charge in [-0.3, -0.25) is 16.0 Å². The maximum atomic E-state index is 11.2. The Kier molecular flexibility index (Phi) is 4.66. The van der Waals surface area contributed by atoms with Gasteiger partial charge in [0.15, 0.2) is 0 Å². The minimum atomic E-state index is -0.499. The van der Waals surface area contributed by atoms with Gasteiger partial charge in [0.2, 0.25) is 0 Å². The van der Waals surface area contributed by atoms with Crippen molar-refractivity contribution in [3.05, 3.63) is 55.5 Å². The Bertz CT molecular complexity index is 709. The van der Waals surface area contributed by atoms with Crippen molar-refractivity contribution < 1.29 is 4.92 Å². The van der Waals surface area contributed by atoms with Crippen molar-refractivity contribution in [2.75, 3.05) is 10.7 Å². The SMILES string of the molecule is Cc1cc(Br)c(Nc2cccc(NN)c2[N+](=O)[O-])cc1Cl. The molecule has 0 heterocycles. The highest BCUT2D eigenvalue weighted by molar-refractivity contribution is 9.10. The summed E-state index contributed by atoms with van der Waals surface area (Å²) in [5.41, 5.74) is 4.25. The predicted molar refractivity (Wildman–Crippen MR) is 88.1 cm³/mol. The first-order chi connectivity index (χ1) is 9.93. The van der Waals surface area contributed by atoms with Crippen LogP contribution in [-0.4, -0.2) is 4.92 Å². The number of nitrogen functional groups attached to an aromatic ring is 1. The highest BCUT2D eigenvalue weighted by Gasteiger charge is 2.20. The number of hydrazine groups is 1. The molecule has 0 bridgehead atoms. The molecule has 110 valence electrons. The Balaban J connectivity index is 2.49. The van der Waals surface area contributed by atoms with Gasteiger partial charge in [0.25, 0.3) is 0 Å². The Morgan fingerprint density at radius 1 is 1.29 bits per heavy atom. The molecule has 0 saturated carbocycles. The van der Waals surface area contributed by atoms with E-state index in [1.165, 1.54) is 6.07 Å². The summed E-state index contributed by atoms with van der Waals surface area (Å²) in [5.74, 6) is 5.31. The van der Waals surface area contributed by atoms with Gasteiger partial charge in [-0.1, -0.05) is 17.7 Å². The van der Waals surface area contributed by atoms with Crippen molar-refractivity contribution in [2.24, 2.45) is 5.84 Å². The van der Waals surface area contributed by atoms with Gasteiger partial charge >= 0.3 is 5.69 Å². The van der Waals surface area contributed by atoms with Crippen molar-refractivity contribution in [2.45, 2.75) is 6.92 Å². The molecule has 0 amide bonds. The topological polar surface area (TPSA) is 93.2 Å². The van der Waals surface area contributed by atoms with E-state index in [1.54, 1.807) is 18.2 Å². The fourth-order valence-electron chi connectivity index (χ4n) is 1.84. The first-order valence-electron chi connectivity index (χ1n) is 5.90. The minimum absolute atomic E-state index is 0.136. The summed E-state index contributed by atoms with van der Waals surface area (Å²) in [6, 6.07) is 8.32. The smallest absolute Gasteiger partial charge is 0.316 e. The first kappa shape index (κ1) is 15.6. The molecule has 0 unspecified atom stereocenters. The van der Waals surface area contributed by atoms with Crippen molar-refractivity contribution in [1.29, 1.82) is 0 Å². The zero-order valence-electron chi connectivity index (χ0n) is 11.0. The average molecular weight is 372 g/mol. The van der Waals surface area contributed by atoms with Crippen LogP contribution in [-0.2, 0) is 0 Å². The zero-order valence-corrected chi connectivity index (χ0v) is 13.3. The van der Waals surface area contributed by atoms with Crippen LogP contribution in [0, 0.1) is 17.0 Å². The summed E-state index contributed by atoms with van der Waals surface area (Å²) in [6.07, 6.45) is 0. The molecule has 8 heteroatoms. The molecule has 0 fully saturated rings. The lowest BCUT2D eigenvalue weighted by Crippen LogP contribution is -2.10. The number of benzene rings is 2. The third-order valence-electron chi connectivity index (χ3n) is 2.89. The normalized spacial score (nSPS) is 10.3. The van der Waals surface area contributed by atoms with E-state index in [0.717, 1.165) is 10.0 Å². The highest BCUT2D eigenvalue weighted by Crippen LogP contribution is 2.37. The molecule has 0 aliphatic heterocycles. The lowest BCUT2D eigenvalue weighted by Gasteiger charge is -2.12. The number of anilines is 3. The number of nitrogens with zero attached hydrogens (tertiary/aromatic N) is 1. The number of nitro benzene ring substituents is 1. The number of aryl methyl sites for hydroxylation is 1. The molecule has 21 heavy (non-hydrogen) atoms. The molecule has 4 N–H and O–H groups in total. The second-order valence-corrected chi connectivity index (χ2v) is 5.57. The maximum Gasteiger partial charge on any atom is 0.316 e. The monoisotopic (exact) mass is 370 g/mol. The van der Waals surface area contributed by atoms with Crippen LogP contribution in [0.1, 0.15) is 5.56 Å². The molecule has 0 saturated heterocycles. The molecule has 6 nitrogen and oxygen atoms in total. The van der Waals surface area contributed by atoms with Crippen LogP contribution in [0.5, 0.6) is 0 Å². The first-order valence-corrected chi connectivity index (χ1v) is 7.08. The summed E-state index contributed by atoms with van der Waals surface area (Å²) in [7, 11) is 0. The molecular weight excluding hydrogens is 360 g/mol. The summed E-state index contributed by atoms with van der Waals surface area (Å²) in [4.78, 5) is 10.7. The molecular formula is C13H12BrClN4O2. The number of hydrogen-bond acceptors (Lipinski definition) is 5. The van der Waals surface area contributed by atoms with E-state index in [9.17, 15) is 10.1 Å². The number of halogens is 2. The number of nitrogens with two attached hydrogens (primary N) is 1. The quantitative estimate of drug-likeness (QED) is 0.422. The third-order valence-corrected chi connectivity index (χ3v) is 3.96. The van der Waals surface area contributed by atoms with Gasteiger partial charge in [0.1, 0.15) is 11.4 Å². The van der Waals surface area contributed by atoms with Crippen molar-refractivity contribution in [1.82, 2.24) is 0 Å². The van der Waals surface area contributed by atoms with Gasteiger partial charge in [0.05, 0.1) is 10.6 Å². The fourth-order valence-corrected chi connectivity index (χ4v) is 2.57. The van der Waals surface area contributed by atoms with E-state index < -0.39 is 4.92 Å². The molecule has 2 rings (SSSR count). The van der Waals surface area contributed by atoms with E-state index >= 15 is 0 Å². The summed E-state index contributed by atoms with van der Waals surface area (Å²) in [5, 5.41) is 14.8. The maximum absolute atomic E-state index is 11.2. The summed E-state index contributed by atoms with van der Waals surface area (Å²) < 4.78 is 0.754. The van der Waals surface area contributed by atoms with Gasteiger partial charge in [-0.05, 0) is 52.7 Å². The van der Waals surface area contributed by atoms with Gasteiger partial charge in [0, 0.05) is 9.50 Å². The van der Waals surface area contributed by atoms with E-state index in [4.69, 9.17) is 17.4 Å². The van der Waals surface area contributed by atoms with Crippen molar-refractivity contribution in [3.8, 4) is 0 Å². The lowest BCUT2D eigenvalue weighted by molar-refractivity contribution is -0.383. The number of rotatable bonds is 4. The van der Waals surface area contributed by atoms with E-state index in [0.29, 0.717) is 16.4 Å². The molecule has 0 aromatic heterocycles. The Hall–Kier alpha value is -1.83. The Morgan fingerprint density at radius 2 is 1.95 bits per heavy atom.